The predicted octanol–water partition coefficient (Wildman–Crippen LogP) is 5.41. The average molecular weight is 458 g/mol. The van der Waals surface area contributed by atoms with Gasteiger partial charge in [0.25, 0.3) is 11.8 Å². The Morgan fingerprint density at radius 3 is 2.15 bits per heavy atom. The van der Waals surface area contributed by atoms with Crippen molar-refractivity contribution in [3.63, 3.8) is 0 Å². The van der Waals surface area contributed by atoms with Gasteiger partial charge in [0, 0.05) is 36.4 Å². The third kappa shape index (κ3) is 3.95. The van der Waals surface area contributed by atoms with Crippen LogP contribution in [-0.4, -0.2) is 32.0 Å². The quantitative estimate of drug-likeness (QED) is 0.481. The maximum atomic E-state index is 13.7. The van der Waals surface area contributed by atoms with Crippen LogP contribution in [0.2, 0.25) is 0 Å². The summed E-state index contributed by atoms with van der Waals surface area (Å²) >= 11 is 1.47. The number of hydrogen-bond acceptors (Lipinski definition) is 5. The number of carbonyl (C=O) groups is 2. The van der Waals surface area contributed by atoms with Crippen molar-refractivity contribution >= 4 is 45.8 Å². The van der Waals surface area contributed by atoms with Crippen molar-refractivity contribution in [1.29, 1.82) is 0 Å². The molecule has 1 fully saturated rings. The number of likely N-dealkylation sites (N-methyl/N-ethyl adjacent to an activating group) is 1. The van der Waals surface area contributed by atoms with Crippen LogP contribution in [0.25, 0.3) is 5.57 Å². The predicted molar refractivity (Wildman–Crippen MR) is 136 cm³/mol. The molecular formula is C27H27N3O2S. The fourth-order valence-electron chi connectivity index (χ4n) is 4.57. The molecule has 3 heterocycles. The van der Waals surface area contributed by atoms with E-state index >= 15 is 0 Å². The molecule has 1 aromatic heterocycles. The molecule has 0 bridgehead atoms. The van der Waals surface area contributed by atoms with Crippen molar-refractivity contribution in [2.45, 2.75) is 19.8 Å². The fraction of sp³-hybridized carbons (Fsp3) is 0.259. The minimum atomic E-state index is -0.297. The number of hydrogen-bond donors (Lipinski definition) is 0. The largest absolute Gasteiger partial charge is 0.372 e. The maximum absolute atomic E-state index is 13.7. The molecule has 1 saturated heterocycles. The van der Waals surface area contributed by atoms with Gasteiger partial charge in [-0.25, -0.2) is 4.90 Å². The molecule has 0 saturated carbocycles. The Hall–Kier alpha value is -3.38. The van der Waals surface area contributed by atoms with E-state index < -0.39 is 0 Å². The van der Waals surface area contributed by atoms with Crippen LogP contribution >= 0.6 is 11.3 Å². The van der Waals surface area contributed by atoms with E-state index in [0.717, 1.165) is 35.3 Å². The molecule has 33 heavy (non-hydrogen) atoms. The summed E-state index contributed by atoms with van der Waals surface area (Å²) in [5, 5.41) is 1.93. The lowest BCUT2D eigenvalue weighted by molar-refractivity contribution is -0.120. The maximum Gasteiger partial charge on any atom is 0.282 e. The molecule has 2 aliphatic heterocycles. The Morgan fingerprint density at radius 1 is 0.848 bits per heavy atom. The van der Waals surface area contributed by atoms with E-state index in [1.165, 1.54) is 29.1 Å². The van der Waals surface area contributed by atoms with E-state index in [9.17, 15) is 9.59 Å². The summed E-state index contributed by atoms with van der Waals surface area (Å²) in [7, 11) is 1.84. The lowest BCUT2D eigenvalue weighted by Crippen LogP contribution is -2.34. The molecule has 0 unspecified atom stereocenters. The van der Waals surface area contributed by atoms with Gasteiger partial charge in [0.2, 0.25) is 0 Å². The first kappa shape index (κ1) is 21.5. The molecule has 2 aliphatic rings. The van der Waals surface area contributed by atoms with Crippen LogP contribution in [0, 0.1) is 5.92 Å². The zero-order valence-corrected chi connectivity index (χ0v) is 19.7. The Morgan fingerprint density at radius 2 is 1.52 bits per heavy atom. The molecule has 2 aromatic carbocycles. The van der Waals surface area contributed by atoms with Gasteiger partial charge < -0.3 is 9.80 Å². The van der Waals surface area contributed by atoms with E-state index in [4.69, 9.17) is 0 Å². The first-order valence-corrected chi connectivity index (χ1v) is 12.2. The van der Waals surface area contributed by atoms with Crippen LogP contribution in [-0.2, 0) is 9.59 Å². The highest BCUT2D eigenvalue weighted by molar-refractivity contribution is 7.11. The van der Waals surface area contributed by atoms with E-state index in [2.05, 4.69) is 11.8 Å². The Balaban J connectivity index is 1.48. The highest BCUT2D eigenvalue weighted by Gasteiger charge is 2.42. The minimum Gasteiger partial charge on any atom is -0.372 e. The van der Waals surface area contributed by atoms with Crippen molar-refractivity contribution in [3.8, 4) is 0 Å². The van der Waals surface area contributed by atoms with Gasteiger partial charge in [-0.1, -0.05) is 31.2 Å². The van der Waals surface area contributed by atoms with Crippen LogP contribution in [0.3, 0.4) is 0 Å². The standard InChI is InChI=1S/C27H27N3O2S/c1-19-14-16-29(17-15-19)21-10-12-22(13-11-21)30-26(31)24(23-9-6-18-33-23)25(27(30)32)28(2)20-7-4-3-5-8-20/h3-13,18-19H,14-17H2,1-2H3. The Kier molecular flexibility index (Phi) is 5.77. The average Bonchev–Trinajstić information content (AvgIpc) is 3.46. The molecule has 5 nitrogen and oxygen atoms in total. The summed E-state index contributed by atoms with van der Waals surface area (Å²) in [5.74, 6) is 0.191. The Labute approximate surface area is 198 Å². The van der Waals surface area contributed by atoms with Gasteiger partial charge in [-0.2, -0.15) is 0 Å². The van der Waals surface area contributed by atoms with Gasteiger partial charge in [0.05, 0.1) is 11.3 Å². The molecule has 3 aromatic rings. The number of para-hydroxylation sites is 1. The van der Waals surface area contributed by atoms with Gasteiger partial charge >= 0.3 is 0 Å². The number of rotatable bonds is 5. The topological polar surface area (TPSA) is 43.9 Å². The second-order valence-electron chi connectivity index (χ2n) is 8.73. The SMILES string of the molecule is CC1CCN(c2ccc(N3C(=O)C(c4cccs4)=C(N(C)c4ccccc4)C3=O)cc2)CC1. The van der Waals surface area contributed by atoms with Crippen LogP contribution in [0.4, 0.5) is 17.1 Å². The second kappa shape index (κ2) is 8.87. The van der Waals surface area contributed by atoms with Crippen molar-refractivity contribution < 1.29 is 9.59 Å². The number of amides is 2. The molecule has 0 atom stereocenters. The van der Waals surface area contributed by atoms with Gasteiger partial charge in [-0.3, -0.25) is 9.59 Å². The molecule has 5 rings (SSSR count). The first-order valence-electron chi connectivity index (χ1n) is 11.4. The number of imide groups is 1. The molecule has 0 spiro atoms. The van der Waals surface area contributed by atoms with E-state index in [0.29, 0.717) is 17.0 Å². The fourth-order valence-corrected chi connectivity index (χ4v) is 5.33. The van der Waals surface area contributed by atoms with Crippen molar-refractivity contribution in [3.05, 3.63) is 82.7 Å². The summed E-state index contributed by atoms with van der Waals surface area (Å²) < 4.78 is 0. The number of anilines is 3. The minimum absolute atomic E-state index is 0.278. The summed E-state index contributed by atoms with van der Waals surface area (Å²) in [5.41, 5.74) is 3.46. The lowest BCUT2D eigenvalue weighted by Gasteiger charge is -2.32. The second-order valence-corrected chi connectivity index (χ2v) is 9.67. The summed E-state index contributed by atoms with van der Waals surface area (Å²) in [6, 6.07) is 21.3. The summed E-state index contributed by atoms with van der Waals surface area (Å²) in [4.78, 5) is 33.6. The number of thiophene rings is 1. The normalized spacial score (nSPS) is 17.3. The van der Waals surface area contributed by atoms with Gasteiger partial charge in [-0.15, -0.1) is 11.3 Å². The molecule has 2 amide bonds. The summed E-state index contributed by atoms with van der Waals surface area (Å²) in [6.45, 7) is 4.38. The number of benzene rings is 2. The first-order chi connectivity index (χ1) is 16.0. The molecule has 168 valence electrons. The van der Waals surface area contributed by atoms with Crippen LogP contribution in [0.1, 0.15) is 24.6 Å². The van der Waals surface area contributed by atoms with Gasteiger partial charge in [0.15, 0.2) is 0 Å². The lowest BCUT2D eigenvalue weighted by atomic mass is 9.99. The number of nitrogens with zero attached hydrogens (tertiary/aromatic N) is 3. The van der Waals surface area contributed by atoms with Crippen molar-refractivity contribution in [2.24, 2.45) is 5.92 Å². The third-order valence-corrected chi connectivity index (χ3v) is 7.45. The molecule has 0 aliphatic carbocycles. The van der Waals surface area contributed by atoms with Crippen LogP contribution < -0.4 is 14.7 Å². The third-order valence-electron chi connectivity index (χ3n) is 6.56. The van der Waals surface area contributed by atoms with E-state index in [1.54, 1.807) is 0 Å². The zero-order chi connectivity index (χ0) is 22.9. The molecule has 0 radical (unpaired) electrons. The van der Waals surface area contributed by atoms with E-state index in [1.807, 2.05) is 84.1 Å². The number of carbonyl (C=O) groups excluding carboxylic acids is 2. The monoisotopic (exact) mass is 457 g/mol. The highest BCUT2D eigenvalue weighted by atomic mass is 32.1. The van der Waals surface area contributed by atoms with Crippen LogP contribution in [0.5, 0.6) is 0 Å². The molecular weight excluding hydrogens is 430 g/mol. The Bertz CT molecular complexity index is 1180. The summed E-state index contributed by atoms with van der Waals surface area (Å²) in [6.07, 6.45) is 2.38. The van der Waals surface area contributed by atoms with Gasteiger partial charge in [0.1, 0.15) is 5.70 Å². The van der Waals surface area contributed by atoms with Crippen molar-refractivity contribution in [2.75, 3.05) is 34.8 Å². The van der Waals surface area contributed by atoms with Crippen LogP contribution in [0.15, 0.2) is 77.8 Å². The smallest absolute Gasteiger partial charge is 0.282 e. The zero-order valence-electron chi connectivity index (χ0n) is 18.9. The highest BCUT2D eigenvalue weighted by Crippen LogP contribution is 2.38. The molecule has 0 N–H and O–H groups in total. The van der Waals surface area contributed by atoms with Gasteiger partial charge in [-0.05, 0) is 66.6 Å². The number of piperidine rings is 1. The van der Waals surface area contributed by atoms with E-state index in [-0.39, 0.29) is 11.8 Å². The molecule has 6 heteroatoms. The van der Waals surface area contributed by atoms with Crippen molar-refractivity contribution in [1.82, 2.24) is 0 Å².